The zero-order valence-electron chi connectivity index (χ0n) is 11.6. The van der Waals surface area contributed by atoms with Crippen LogP contribution in [0.5, 0.6) is 0 Å². The van der Waals surface area contributed by atoms with Gasteiger partial charge in [-0.05, 0) is 63.8 Å². The fourth-order valence-electron chi connectivity index (χ4n) is 2.99. The summed E-state index contributed by atoms with van der Waals surface area (Å²) in [6.07, 6.45) is 4.33. The van der Waals surface area contributed by atoms with Crippen LogP contribution in [0.15, 0.2) is 0 Å². The molecule has 2 saturated heterocycles. The van der Waals surface area contributed by atoms with Gasteiger partial charge in [-0.15, -0.1) is 0 Å². The molecule has 2 fully saturated rings. The SMILES string of the molecule is CCN1CCC(CNC(=O)CC2CCNC2)CC1. The van der Waals surface area contributed by atoms with Crippen molar-refractivity contribution in [3.05, 3.63) is 0 Å². The van der Waals surface area contributed by atoms with E-state index >= 15 is 0 Å². The topological polar surface area (TPSA) is 44.4 Å². The summed E-state index contributed by atoms with van der Waals surface area (Å²) in [6.45, 7) is 8.75. The summed E-state index contributed by atoms with van der Waals surface area (Å²) in [6, 6.07) is 0. The van der Waals surface area contributed by atoms with Gasteiger partial charge in [0.2, 0.25) is 5.91 Å². The molecule has 0 spiro atoms. The first-order valence-electron chi connectivity index (χ1n) is 7.47. The highest BCUT2D eigenvalue weighted by Crippen LogP contribution is 2.16. The number of nitrogens with one attached hydrogen (secondary N) is 2. The molecule has 1 atom stereocenters. The van der Waals surface area contributed by atoms with Crippen LogP contribution in [0.25, 0.3) is 0 Å². The number of piperidine rings is 1. The second-order valence-corrected chi connectivity index (χ2v) is 5.74. The van der Waals surface area contributed by atoms with Crippen LogP contribution in [-0.4, -0.2) is 50.1 Å². The molecule has 2 aliphatic heterocycles. The second kappa shape index (κ2) is 7.10. The van der Waals surface area contributed by atoms with E-state index in [9.17, 15) is 4.79 Å². The maximum Gasteiger partial charge on any atom is 0.220 e. The summed E-state index contributed by atoms with van der Waals surface area (Å²) in [5, 5.41) is 6.44. The Hall–Kier alpha value is -0.610. The van der Waals surface area contributed by atoms with Crippen molar-refractivity contribution >= 4 is 5.91 Å². The third-order valence-corrected chi connectivity index (χ3v) is 4.38. The van der Waals surface area contributed by atoms with Crippen LogP contribution in [0.2, 0.25) is 0 Å². The average molecular weight is 253 g/mol. The third kappa shape index (κ3) is 4.25. The number of nitrogens with zero attached hydrogens (tertiary/aromatic N) is 1. The van der Waals surface area contributed by atoms with Crippen molar-refractivity contribution in [1.29, 1.82) is 0 Å². The number of carbonyl (C=O) groups excluding carboxylic acids is 1. The van der Waals surface area contributed by atoms with Crippen LogP contribution in [0.4, 0.5) is 0 Å². The van der Waals surface area contributed by atoms with Gasteiger partial charge in [0.25, 0.3) is 0 Å². The predicted molar refractivity (Wildman–Crippen MR) is 73.4 cm³/mol. The number of rotatable bonds is 5. The molecule has 0 radical (unpaired) electrons. The molecular formula is C14H27N3O. The maximum atomic E-state index is 11.8. The van der Waals surface area contributed by atoms with Crippen molar-refractivity contribution < 1.29 is 4.79 Å². The van der Waals surface area contributed by atoms with Gasteiger partial charge in [0, 0.05) is 13.0 Å². The lowest BCUT2D eigenvalue weighted by Crippen LogP contribution is -2.38. The quantitative estimate of drug-likeness (QED) is 0.763. The molecule has 0 aromatic heterocycles. The molecule has 0 aliphatic carbocycles. The first-order chi connectivity index (χ1) is 8.78. The number of hydrogen-bond acceptors (Lipinski definition) is 3. The molecule has 2 heterocycles. The maximum absolute atomic E-state index is 11.8. The number of likely N-dealkylation sites (tertiary alicyclic amines) is 1. The molecule has 0 aromatic carbocycles. The summed E-state index contributed by atoms with van der Waals surface area (Å²) in [4.78, 5) is 14.3. The van der Waals surface area contributed by atoms with Gasteiger partial charge in [-0.1, -0.05) is 6.92 Å². The zero-order chi connectivity index (χ0) is 12.8. The smallest absolute Gasteiger partial charge is 0.220 e. The summed E-state index contributed by atoms with van der Waals surface area (Å²) >= 11 is 0. The minimum absolute atomic E-state index is 0.252. The minimum Gasteiger partial charge on any atom is -0.356 e. The van der Waals surface area contributed by atoms with Crippen molar-refractivity contribution in [2.75, 3.05) is 39.3 Å². The molecule has 2 N–H and O–H groups in total. The molecule has 0 aromatic rings. The molecule has 4 heteroatoms. The van der Waals surface area contributed by atoms with Crippen LogP contribution in [-0.2, 0) is 4.79 Å². The molecular weight excluding hydrogens is 226 g/mol. The number of carbonyl (C=O) groups is 1. The Bertz CT molecular complexity index is 256. The fraction of sp³-hybridized carbons (Fsp3) is 0.929. The van der Waals surface area contributed by atoms with E-state index in [0.29, 0.717) is 18.3 Å². The molecule has 2 aliphatic rings. The van der Waals surface area contributed by atoms with Gasteiger partial charge in [0.15, 0.2) is 0 Å². The van der Waals surface area contributed by atoms with Gasteiger partial charge in [-0.2, -0.15) is 0 Å². The van der Waals surface area contributed by atoms with Gasteiger partial charge >= 0.3 is 0 Å². The molecule has 1 amide bonds. The van der Waals surface area contributed by atoms with E-state index in [4.69, 9.17) is 0 Å². The van der Waals surface area contributed by atoms with Gasteiger partial charge in [0.05, 0.1) is 0 Å². The van der Waals surface area contributed by atoms with E-state index in [0.717, 1.165) is 32.6 Å². The highest BCUT2D eigenvalue weighted by molar-refractivity contribution is 5.76. The largest absolute Gasteiger partial charge is 0.356 e. The van der Waals surface area contributed by atoms with E-state index in [-0.39, 0.29) is 5.91 Å². The van der Waals surface area contributed by atoms with Crippen molar-refractivity contribution in [1.82, 2.24) is 15.5 Å². The Labute approximate surface area is 110 Å². The summed E-state index contributed by atoms with van der Waals surface area (Å²) < 4.78 is 0. The van der Waals surface area contributed by atoms with Crippen LogP contribution >= 0.6 is 0 Å². The van der Waals surface area contributed by atoms with Gasteiger partial charge in [-0.25, -0.2) is 0 Å². The summed E-state index contributed by atoms with van der Waals surface area (Å²) in [5.74, 6) is 1.51. The Morgan fingerprint density at radius 1 is 1.28 bits per heavy atom. The van der Waals surface area contributed by atoms with Gasteiger partial charge in [0.1, 0.15) is 0 Å². The van der Waals surface area contributed by atoms with Gasteiger partial charge in [-0.3, -0.25) is 4.79 Å². The molecule has 2 rings (SSSR count). The lowest BCUT2D eigenvalue weighted by molar-refractivity contribution is -0.122. The van der Waals surface area contributed by atoms with Crippen molar-refractivity contribution in [3.8, 4) is 0 Å². The van der Waals surface area contributed by atoms with Gasteiger partial charge < -0.3 is 15.5 Å². The lowest BCUT2D eigenvalue weighted by Gasteiger charge is -2.31. The molecule has 4 nitrogen and oxygen atoms in total. The second-order valence-electron chi connectivity index (χ2n) is 5.74. The zero-order valence-corrected chi connectivity index (χ0v) is 11.6. The van der Waals surface area contributed by atoms with Crippen LogP contribution in [0.3, 0.4) is 0 Å². The Kier molecular flexibility index (Phi) is 5.45. The van der Waals surface area contributed by atoms with Crippen LogP contribution in [0.1, 0.15) is 32.6 Å². The fourth-order valence-corrected chi connectivity index (χ4v) is 2.99. The molecule has 104 valence electrons. The average Bonchev–Trinajstić information content (AvgIpc) is 2.90. The van der Waals surface area contributed by atoms with Crippen molar-refractivity contribution in [2.24, 2.45) is 11.8 Å². The van der Waals surface area contributed by atoms with E-state index in [1.807, 2.05) is 0 Å². The van der Waals surface area contributed by atoms with Crippen LogP contribution < -0.4 is 10.6 Å². The first-order valence-corrected chi connectivity index (χ1v) is 7.47. The van der Waals surface area contributed by atoms with E-state index < -0.39 is 0 Å². The monoisotopic (exact) mass is 253 g/mol. The Balaban J connectivity index is 1.58. The highest BCUT2D eigenvalue weighted by atomic mass is 16.1. The molecule has 1 unspecified atom stereocenters. The van der Waals surface area contributed by atoms with E-state index in [1.54, 1.807) is 0 Å². The Morgan fingerprint density at radius 3 is 2.67 bits per heavy atom. The third-order valence-electron chi connectivity index (χ3n) is 4.38. The van der Waals surface area contributed by atoms with E-state index in [2.05, 4.69) is 22.5 Å². The normalized spacial score (nSPS) is 26.4. The number of hydrogen-bond donors (Lipinski definition) is 2. The molecule has 18 heavy (non-hydrogen) atoms. The summed E-state index contributed by atoms with van der Waals surface area (Å²) in [7, 11) is 0. The van der Waals surface area contributed by atoms with Crippen LogP contribution in [0, 0.1) is 11.8 Å². The Morgan fingerprint density at radius 2 is 2.06 bits per heavy atom. The van der Waals surface area contributed by atoms with Crippen molar-refractivity contribution in [3.63, 3.8) is 0 Å². The predicted octanol–water partition coefficient (Wildman–Crippen LogP) is 0.834. The summed E-state index contributed by atoms with van der Waals surface area (Å²) in [5.41, 5.74) is 0. The number of amides is 1. The minimum atomic E-state index is 0.252. The lowest BCUT2D eigenvalue weighted by atomic mass is 9.96. The van der Waals surface area contributed by atoms with E-state index in [1.165, 1.54) is 25.9 Å². The molecule has 0 saturated carbocycles. The molecule has 0 bridgehead atoms. The van der Waals surface area contributed by atoms with Crippen molar-refractivity contribution in [2.45, 2.75) is 32.6 Å². The highest BCUT2D eigenvalue weighted by Gasteiger charge is 2.20. The first kappa shape index (κ1) is 13.8. The standard InChI is InChI=1S/C14H27N3O/c1-2-17-7-4-12(5-8-17)11-16-14(18)9-13-3-6-15-10-13/h12-13,15H,2-11H2,1H3,(H,16,18).